The molecule has 2 saturated heterocycles. The Labute approximate surface area is 197 Å². The highest BCUT2D eigenvalue weighted by atomic mass is 79.9. The standard InChI is InChI=1S/C26H27BrN2O3/c1-15(2)24-22-19-4-3-11-28(19)25(17-6-8-18(27)9-7-17)23(22)26(30)29(24)13-16-5-10-20-21(12-16)32-14-31-20/h5-10,12,15,23-25H,3-4,11,13-14H2,1-2H3. The molecule has 2 aromatic rings. The minimum absolute atomic E-state index is 0.0899. The van der Waals surface area contributed by atoms with Gasteiger partial charge in [0.2, 0.25) is 12.7 Å². The van der Waals surface area contributed by atoms with E-state index in [4.69, 9.17) is 9.47 Å². The number of allylic oxidation sites excluding steroid dienone is 1. The molecule has 2 aromatic carbocycles. The third-order valence-electron chi connectivity index (χ3n) is 7.32. The summed E-state index contributed by atoms with van der Waals surface area (Å²) in [6.45, 7) is 6.38. The lowest BCUT2D eigenvalue weighted by Gasteiger charge is -2.32. The van der Waals surface area contributed by atoms with Crippen LogP contribution in [0.15, 0.2) is 58.2 Å². The van der Waals surface area contributed by atoms with Crippen LogP contribution in [-0.4, -0.2) is 35.1 Å². The molecular formula is C26H27BrN2O3. The van der Waals surface area contributed by atoms with Crippen molar-refractivity contribution in [2.75, 3.05) is 13.3 Å². The second-order valence-electron chi connectivity index (χ2n) is 9.52. The van der Waals surface area contributed by atoms with Gasteiger partial charge in [-0.1, -0.05) is 48.0 Å². The van der Waals surface area contributed by atoms with Gasteiger partial charge in [-0.3, -0.25) is 4.79 Å². The van der Waals surface area contributed by atoms with Crippen molar-refractivity contribution in [2.24, 2.45) is 11.8 Å². The molecule has 6 rings (SSSR count). The summed E-state index contributed by atoms with van der Waals surface area (Å²) in [7, 11) is 0. The maximum absolute atomic E-state index is 14.0. The Balaban J connectivity index is 1.40. The molecule has 3 unspecified atom stereocenters. The number of fused-ring (bicyclic) bond motifs is 3. The van der Waals surface area contributed by atoms with Crippen LogP contribution in [-0.2, 0) is 11.3 Å². The molecule has 0 aromatic heterocycles. The molecule has 4 aliphatic rings. The van der Waals surface area contributed by atoms with E-state index in [1.165, 1.54) is 23.3 Å². The molecule has 32 heavy (non-hydrogen) atoms. The van der Waals surface area contributed by atoms with Crippen molar-refractivity contribution >= 4 is 21.8 Å². The molecule has 0 aliphatic carbocycles. The molecule has 2 fully saturated rings. The van der Waals surface area contributed by atoms with Crippen LogP contribution in [0.2, 0.25) is 0 Å². The van der Waals surface area contributed by atoms with Crippen LogP contribution in [0.1, 0.15) is 43.9 Å². The number of hydrogen-bond donors (Lipinski definition) is 0. The Bertz CT molecular complexity index is 1110. The molecule has 3 atom stereocenters. The second kappa shape index (κ2) is 7.55. The molecule has 0 radical (unpaired) electrons. The highest BCUT2D eigenvalue weighted by Gasteiger charge is 2.56. The van der Waals surface area contributed by atoms with E-state index in [9.17, 15) is 4.79 Å². The van der Waals surface area contributed by atoms with Crippen LogP contribution in [0.25, 0.3) is 0 Å². The number of likely N-dealkylation sites (tertiary alicyclic amines) is 1. The topological polar surface area (TPSA) is 42.0 Å². The van der Waals surface area contributed by atoms with Crippen molar-refractivity contribution in [2.45, 2.75) is 45.3 Å². The van der Waals surface area contributed by atoms with E-state index in [1.807, 2.05) is 12.1 Å². The van der Waals surface area contributed by atoms with E-state index in [-0.39, 0.29) is 30.7 Å². The van der Waals surface area contributed by atoms with Gasteiger partial charge in [-0.2, -0.15) is 0 Å². The Kier molecular flexibility index (Phi) is 4.75. The third kappa shape index (κ3) is 2.99. The summed E-state index contributed by atoms with van der Waals surface area (Å²) >= 11 is 3.56. The first-order chi connectivity index (χ1) is 15.5. The number of rotatable bonds is 4. The second-order valence-corrected chi connectivity index (χ2v) is 10.4. The average molecular weight is 495 g/mol. The lowest BCUT2D eigenvalue weighted by atomic mass is 9.85. The molecule has 4 heterocycles. The van der Waals surface area contributed by atoms with E-state index in [0.29, 0.717) is 12.5 Å². The van der Waals surface area contributed by atoms with Crippen molar-refractivity contribution in [3.8, 4) is 11.5 Å². The first-order valence-electron chi connectivity index (χ1n) is 11.5. The van der Waals surface area contributed by atoms with Gasteiger partial charge in [0.15, 0.2) is 11.5 Å². The average Bonchev–Trinajstić information content (AvgIpc) is 3.52. The van der Waals surface area contributed by atoms with Crippen LogP contribution < -0.4 is 9.47 Å². The van der Waals surface area contributed by atoms with Gasteiger partial charge in [0.25, 0.3) is 0 Å². The molecule has 0 saturated carbocycles. The van der Waals surface area contributed by atoms with Gasteiger partial charge in [0.05, 0.1) is 18.0 Å². The molecule has 1 amide bonds. The smallest absolute Gasteiger partial charge is 0.233 e. The van der Waals surface area contributed by atoms with Crippen LogP contribution in [0, 0.1) is 11.8 Å². The predicted molar refractivity (Wildman–Crippen MR) is 125 cm³/mol. The number of carbonyl (C=O) groups is 1. The van der Waals surface area contributed by atoms with Gasteiger partial charge >= 0.3 is 0 Å². The maximum Gasteiger partial charge on any atom is 0.233 e. The highest BCUT2D eigenvalue weighted by Crippen LogP contribution is 2.55. The van der Waals surface area contributed by atoms with E-state index in [1.54, 1.807) is 0 Å². The fourth-order valence-corrected chi connectivity index (χ4v) is 6.38. The molecule has 4 aliphatic heterocycles. The quantitative estimate of drug-likeness (QED) is 0.580. The first-order valence-corrected chi connectivity index (χ1v) is 12.3. The van der Waals surface area contributed by atoms with Crippen molar-refractivity contribution in [3.63, 3.8) is 0 Å². The van der Waals surface area contributed by atoms with E-state index < -0.39 is 0 Å². The Morgan fingerprint density at radius 3 is 2.66 bits per heavy atom. The SMILES string of the molecule is CC(C)C1C2=C3CCCN3C(c3ccc(Br)cc3)C2C(=O)N1Cc1ccc2c(c1)OCO2. The minimum atomic E-state index is -0.0899. The first kappa shape index (κ1) is 20.2. The number of hydrogen-bond acceptors (Lipinski definition) is 4. The van der Waals surface area contributed by atoms with Crippen LogP contribution >= 0.6 is 15.9 Å². The Hall–Kier alpha value is -2.47. The lowest BCUT2D eigenvalue weighted by Crippen LogP contribution is -2.39. The number of carbonyl (C=O) groups excluding carboxylic acids is 1. The van der Waals surface area contributed by atoms with Gasteiger partial charge in [-0.05, 0) is 59.7 Å². The largest absolute Gasteiger partial charge is 0.454 e. The van der Waals surface area contributed by atoms with Crippen LogP contribution in [0.4, 0.5) is 0 Å². The van der Waals surface area contributed by atoms with Gasteiger partial charge in [-0.25, -0.2) is 0 Å². The van der Waals surface area contributed by atoms with E-state index in [2.05, 4.69) is 69.9 Å². The third-order valence-corrected chi connectivity index (χ3v) is 7.84. The van der Waals surface area contributed by atoms with Gasteiger partial charge in [-0.15, -0.1) is 0 Å². The molecular weight excluding hydrogens is 468 g/mol. The minimum Gasteiger partial charge on any atom is -0.454 e. The van der Waals surface area contributed by atoms with Gasteiger partial charge in [0.1, 0.15) is 0 Å². The van der Waals surface area contributed by atoms with Crippen molar-refractivity contribution in [1.82, 2.24) is 9.80 Å². The summed E-state index contributed by atoms with van der Waals surface area (Å²) in [5, 5.41) is 0. The highest BCUT2D eigenvalue weighted by molar-refractivity contribution is 9.10. The van der Waals surface area contributed by atoms with Crippen molar-refractivity contribution in [1.29, 1.82) is 0 Å². The number of nitrogens with zero attached hydrogens (tertiary/aromatic N) is 2. The zero-order valence-corrected chi connectivity index (χ0v) is 20.0. The van der Waals surface area contributed by atoms with Crippen LogP contribution in [0.5, 0.6) is 11.5 Å². The Morgan fingerprint density at radius 1 is 1.09 bits per heavy atom. The molecule has 0 bridgehead atoms. The summed E-state index contributed by atoms with van der Waals surface area (Å²) in [5.74, 6) is 2.07. The zero-order valence-electron chi connectivity index (χ0n) is 18.4. The number of halogens is 1. The van der Waals surface area contributed by atoms with Gasteiger partial charge in [0, 0.05) is 23.3 Å². The Morgan fingerprint density at radius 2 is 1.88 bits per heavy atom. The predicted octanol–water partition coefficient (Wildman–Crippen LogP) is 5.27. The number of amides is 1. The molecule has 166 valence electrons. The molecule has 0 N–H and O–H groups in total. The van der Waals surface area contributed by atoms with E-state index >= 15 is 0 Å². The van der Waals surface area contributed by atoms with Crippen molar-refractivity contribution < 1.29 is 14.3 Å². The summed E-state index contributed by atoms with van der Waals surface area (Å²) < 4.78 is 12.1. The fraction of sp³-hybridized carbons (Fsp3) is 0.423. The lowest BCUT2D eigenvalue weighted by molar-refractivity contribution is -0.134. The summed E-state index contributed by atoms with van der Waals surface area (Å²) in [6.07, 6.45) is 2.24. The maximum atomic E-state index is 14.0. The molecule has 0 spiro atoms. The number of benzene rings is 2. The van der Waals surface area contributed by atoms with E-state index in [0.717, 1.165) is 34.5 Å². The van der Waals surface area contributed by atoms with Crippen LogP contribution in [0.3, 0.4) is 0 Å². The molecule has 5 nitrogen and oxygen atoms in total. The molecule has 6 heteroatoms. The normalized spacial score (nSPS) is 25.9. The summed E-state index contributed by atoms with van der Waals surface area (Å²) in [6, 6.07) is 14.8. The zero-order chi connectivity index (χ0) is 22.0. The van der Waals surface area contributed by atoms with Crippen molar-refractivity contribution in [3.05, 3.63) is 69.3 Å². The summed E-state index contributed by atoms with van der Waals surface area (Å²) in [4.78, 5) is 18.7. The van der Waals surface area contributed by atoms with Gasteiger partial charge < -0.3 is 19.3 Å². The fourth-order valence-electron chi connectivity index (χ4n) is 6.11. The monoisotopic (exact) mass is 494 g/mol. The summed E-state index contributed by atoms with van der Waals surface area (Å²) in [5.41, 5.74) is 5.11. The number of ether oxygens (including phenoxy) is 2.